The van der Waals surface area contributed by atoms with E-state index in [-0.39, 0.29) is 12.2 Å². The van der Waals surface area contributed by atoms with E-state index in [1.54, 1.807) is 0 Å². The number of hydrogen-bond acceptors (Lipinski definition) is 2. The molecule has 2 heteroatoms. The van der Waals surface area contributed by atoms with Crippen LogP contribution in [0.25, 0.3) is 0 Å². The second-order valence-corrected chi connectivity index (χ2v) is 4.98. The van der Waals surface area contributed by atoms with Gasteiger partial charge < -0.3 is 9.84 Å². The Morgan fingerprint density at radius 3 is 2.77 bits per heavy atom. The Kier molecular flexibility index (Phi) is 2.16. The number of fused-ring (bicyclic) bond motifs is 1. The molecule has 0 bridgehead atoms. The lowest BCUT2D eigenvalue weighted by Crippen LogP contribution is -2.39. The maximum Gasteiger partial charge on any atom is 0.0958 e. The Bertz CT molecular complexity index is 202. The van der Waals surface area contributed by atoms with Gasteiger partial charge in [-0.2, -0.15) is 0 Å². The van der Waals surface area contributed by atoms with Crippen LogP contribution in [0, 0.1) is 11.8 Å². The summed E-state index contributed by atoms with van der Waals surface area (Å²) in [6.45, 7) is 6.38. The average Bonchev–Trinajstić information content (AvgIpc) is 2.51. The van der Waals surface area contributed by atoms with E-state index >= 15 is 0 Å². The summed E-state index contributed by atoms with van der Waals surface area (Å²) in [6, 6.07) is 0. The number of rotatable bonds is 1. The molecule has 2 aliphatic rings. The van der Waals surface area contributed by atoms with Crippen LogP contribution in [0.4, 0.5) is 0 Å². The van der Waals surface area contributed by atoms with E-state index in [0.717, 1.165) is 19.3 Å². The first-order valence-electron chi connectivity index (χ1n) is 5.43. The van der Waals surface area contributed by atoms with Crippen LogP contribution in [0.3, 0.4) is 0 Å². The Balaban J connectivity index is 2.21. The van der Waals surface area contributed by atoms with Gasteiger partial charge in [-0.3, -0.25) is 0 Å². The number of ether oxygens (including phenoxy) is 1. The molecule has 2 fully saturated rings. The highest BCUT2D eigenvalue weighted by Gasteiger charge is 2.56. The maximum atomic E-state index is 10.4. The van der Waals surface area contributed by atoms with Crippen molar-refractivity contribution in [3.05, 3.63) is 0 Å². The fraction of sp³-hybridized carbons (Fsp3) is 1.00. The lowest BCUT2D eigenvalue weighted by atomic mass is 9.83. The average molecular weight is 184 g/mol. The van der Waals surface area contributed by atoms with E-state index in [1.165, 1.54) is 0 Å². The van der Waals surface area contributed by atoms with Crippen molar-refractivity contribution >= 4 is 0 Å². The quantitative estimate of drug-likeness (QED) is 0.675. The standard InChI is InChI=1S/C11H20O2/c1-7(2)10-9-5-4-6-11(9,12)8(3)13-10/h7-10,12H,4-6H2,1-3H3/t8-,9-,10+,11-/m1/s1. The van der Waals surface area contributed by atoms with Gasteiger partial charge >= 0.3 is 0 Å². The van der Waals surface area contributed by atoms with Crippen LogP contribution in [-0.4, -0.2) is 22.9 Å². The predicted octanol–water partition coefficient (Wildman–Crippen LogP) is 1.96. The lowest BCUT2D eigenvalue weighted by Gasteiger charge is -2.26. The van der Waals surface area contributed by atoms with Crippen LogP contribution in [0.2, 0.25) is 0 Å². The Hall–Kier alpha value is -0.0800. The van der Waals surface area contributed by atoms with E-state index in [0.29, 0.717) is 11.8 Å². The van der Waals surface area contributed by atoms with Gasteiger partial charge in [0.2, 0.25) is 0 Å². The van der Waals surface area contributed by atoms with Crippen molar-refractivity contribution in [2.24, 2.45) is 11.8 Å². The minimum absolute atomic E-state index is 0.0346. The zero-order chi connectivity index (χ0) is 9.64. The first-order chi connectivity index (χ1) is 6.05. The highest BCUT2D eigenvalue weighted by molar-refractivity contribution is 5.05. The van der Waals surface area contributed by atoms with Crippen LogP contribution >= 0.6 is 0 Å². The molecule has 1 aliphatic carbocycles. The molecule has 0 amide bonds. The summed E-state index contributed by atoms with van der Waals surface area (Å²) < 4.78 is 5.84. The molecule has 0 aromatic rings. The third-order valence-electron chi connectivity index (χ3n) is 3.85. The van der Waals surface area contributed by atoms with Gasteiger partial charge in [0.05, 0.1) is 17.8 Å². The number of aliphatic hydroxyl groups is 1. The molecule has 0 unspecified atom stereocenters. The second-order valence-electron chi connectivity index (χ2n) is 4.98. The molecular weight excluding hydrogens is 164 g/mol. The molecule has 1 aliphatic heterocycles. The van der Waals surface area contributed by atoms with Crippen molar-refractivity contribution in [3.63, 3.8) is 0 Å². The van der Waals surface area contributed by atoms with E-state index in [4.69, 9.17) is 4.74 Å². The zero-order valence-corrected chi connectivity index (χ0v) is 8.79. The highest BCUT2D eigenvalue weighted by Crippen LogP contribution is 2.49. The molecule has 1 saturated heterocycles. The molecule has 4 atom stereocenters. The molecule has 1 saturated carbocycles. The van der Waals surface area contributed by atoms with E-state index in [1.807, 2.05) is 6.92 Å². The van der Waals surface area contributed by atoms with Crippen LogP contribution in [0.5, 0.6) is 0 Å². The topological polar surface area (TPSA) is 29.5 Å². The largest absolute Gasteiger partial charge is 0.387 e. The molecule has 0 spiro atoms. The van der Waals surface area contributed by atoms with E-state index < -0.39 is 5.60 Å². The first kappa shape index (κ1) is 9.47. The smallest absolute Gasteiger partial charge is 0.0958 e. The van der Waals surface area contributed by atoms with Gasteiger partial charge in [0, 0.05) is 5.92 Å². The van der Waals surface area contributed by atoms with E-state index in [2.05, 4.69) is 13.8 Å². The third-order valence-corrected chi connectivity index (χ3v) is 3.85. The Morgan fingerprint density at radius 2 is 2.15 bits per heavy atom. The van der Waals surface area contributed by atoms with E-state index in [9.17, 15) is 5.11 Å². The highest BCUT2D eigenvalue weighted by atomic mass is 16.5. The zero-order valence-electron chi connectivity index (χ0n) is 8.79. The summed E-state index contributed by atoms with van der Waals surface area (Å²) >= 11 is 0. The van der Waals surface area contributed by atoms with Gasteiger partial charge in [-0.15, -0.1) is 0 Å². The first-order valence-corrected chi connectivity index (χ1v) is 5.43. The van der Waals surface area contributed by atoms with Crippen LogP contribution in [0.15, 0.2) is 0 Å². The molecule has 1 N–H and O–H groups in total. The number of hydrogen-bond donors (Lipinski definition) is 1. The molecule has 1 heterocycles. The molecule has 2 nitrogen and oxygen atoms in total. The normalized spacial score (nSPS) is 50.1. The fourth-order valence-corrected chi connectivity index (χ4v) is 3.06. The van der Waals surface area contributed by atoms with Crippen LogP contribution in [0.1, 0.15) is 40.0 Å². The maximum absolute atomic E-state index is 10.4. The third kappa shape index (κ3) is 1.23. The van der Waals surface area contributed by atoms with Gasteiger partial charge in [-0.05, 0) is 32.1 Å². The minimum Gasteiger partial charge on any atom is -0.387 e. The van der Waals surface area contributed by atoms with Gasteiger partial charge in [-0.1, -0.05) is 13.8 Å². The molecule has 76 valence electrons. The van der Waals surface area contributed by atoms with Crippen LogP contribution in [-0.2, 0) is 4.74 Å². The summed E-state index contributed by atoms with van der Waals surface area (Å²) in [7, 11) is 0. The summed E-state index contributed by atoms with van der Waals surface area (Å²) in [5, 5.41) is 10.4. The second kappa shape index (κ2) is 2.96. The van der Waals surface area contributed by atoms with Crippen molar-refractivity contribution in [1.82, 2.24) is 0 Å². The van der Waals surface area contributed by atoms with Crippen molar-refractivity contribution < 1.29 is 9.84 Å². The van der Waals surface area contributed by atoms with Gasteiger partial charge in [0.15, 0.2) is 0 Å². The van der Waals surface area contributed by atoms with Gasteiger partial charge in [0.1, 0.15) is 0 Å². The molecule has 2 rings (SSSR count). The van der Waals surface area contributed by atoms with Crippen molar-refractivity contribution in [1.29, 1.82) is 0 Å². The monoisotopic (exact) mass is 184 g/mol. The molecule has 0 aromatic carbocycles. The Labute approximate surface area is 80.3 Å². The Morgan fingerprint density at radius 1 is 1.46 bits per heavy atom. The lowest BCUT2D eigenvalue weighted by molar-refractivity contribution is -0.0448. The van der Waals surface area contributed by atoms with Gasteiger partial charge in [-0.25, -0.2) is 0 Å². The molecule has 13 heavy (non-hydrogen) atoms. The summed E-state index contributed by atoms with van der Waals surface area (Å²) in [5.74, 6) is 0.919. The predicted molar refractivity (Wildman–Crippen MR) is 51.5 cm³/mol. The minimum atomic E-state index is -0.505. The molecule has 0 radical (unpaired) electrons. The SMILES string of the molecule is CC(C)[C@@H]1O[C@H](C)[C@]2(O)CCC[C@H]12. The molecular formula is C11H20O2. The molecule has 0 aromatic heterocycles. The van der Waals surface area contributed by atoms with Crippen molar-refractivity contribution in [2.75, 3.05) is 0 Å². The summed E-state index contributed by atoms with van der Waals surface area (Å²) in [6.07, 6.45) is 3.55. The summed E-state index contributed by atoms with van der Waals surface area (Å²) in [4.78, 5) is 0. The summed E-state index contributed by atoms with van der Waals surface area (Å²) in [5.41, 5.74) is -0.505. The fourth-order valence-electron chi connectivity index (χ4n) is 3.06. The van der Waals surface area contributed by atoms with Gasteiger partial charge in [0.25, 0.3) is 0 Å². The van der Waals surface area contributed by atoms with Crippen LogP contribution < -0.4 is 0 Å². The van der Waals surface area contributed by atoms with Crippen molar-refractivity contribution in [2.45, 2.75) is 57.8 Å². The van der Waals surface area contributed by atoms with Crippen molar-refractivity contribution in [3.8, 4) is 0 Å².